The summed E-state index contributed by atoms with van der Waals surface area (Å²) in [5, 5.41) is 0. The fourth-order valence-corrected chi connectivity index (χ4v) is 1.97. The van der Waals surface area contributed by atoms with Gasteiger partial charge in [0.25, 0.3) is 0 Å². The number of nitrogens with zero attached hydrogens (tertiary/aromatic N) is 1. The Morgan fingerprint density at radius 2 is 2.21 bits per heavy atom. The lowest BCUT2D eigenvalue weighted by Gasteiger charge is -2.12. The minimum atomic E-state index is 0.386. The minimum Gasteiger partial charge on any atom is -0.493 e. The number of methoxy groups -OCH3 is 1. The summed E-state index contributed by atoms with van der Waals surface area (Å²) >= 11 is 3.32. The zero-order valence-electron chi connectivity index (χ0n) is 10.3. The number of carbonyl (C=O) groups excluding carboxylic acids is 1. The molecule has 0 atom stereocenters. The molecule has 5 heteroatoms. The third-order valence-corrected chi connectivity index (χ3v) is 3.21. The summed E-state index contributed by atoms with van der Waals surface area (Å²) in [5.41, 5.74) is 1.48. The van der Waals surface area contributed by atoms with Gasteiger partial charge >= 0.3 is 0 Å². The number of ether oxygens (including phenoxy) is 2. The molecule has 0 N–H and O–H groups in total. The lowest BCUT2D eigenvalue weighted by atomic mass is 10.2. The van der Waals surface area contributed by atoms with Crippen LogP contribution in [-0.4, -0.2) is 18.4 Å². The monoisotopic (exact) mass is 321 g/mol. The smallest absolute Gasteiger partial charge is 0.162 e. The standard InChI is InChI=1S/C14H12BrNO3/c1-18-13-5-11(8-17)12(15)6-14(13)19-9-10-3-2-4-16-7-10/h2-8H,9H2,1H3. The summed E-state index contributed by atoms with van der Waals surface area (Å²) in [6, 6.07) is 7.13. The van der Waals surface area contributed by atoms with Gasteiger partial charge in [-0.2, -0.15) is 0 Å². The maximum absolute atomic E-state index is 10.9. The van der Waals surface area contributed by atoms with Crippen molar-refractivity contribution in [2.24, 2.45) is 0 Å². The van der Waals surface area contributed by atoms with Crippen LogP contribution < -0.4 is 9.47 Å². The molecular weight excluding hydrogens is 310 g/mol. The molecule has 1 heterocycles. The van der Waals surface area contributed by atoms with Crippen LogP contribution in [0.1, 0.15) is 15.9 Å². The summed E-state index contributed by atoms with van der Waals surface area (Å²) in [6.45, 7) is 0.386. The van der Waals surface area contributed by atoms with E-state index in [-0.39, 0.29) is 0 Å². The Morgan fingerprint density at radius 3 is 2.84 bits per heavy atom. The summed E-state index contributed by atoms with van der Waals surface area (Å²) in [6.07, 6.45) is 4.21. The quantitative estimate of drug-likeness (QED) is 0.793. The van der Waals surface area contributed by atoms with Crippen LogP contribution in [0, 0.1) is 0 Å². The van der Waals surface area contributed by atoms with E-state index >= 15 is 0 Å². The first-order chi connectivity index (χ1) is 9.24. The van der Waals surface area contributed by atoms with Crippen LogP contribution >= 0.6 is 15.9 Å². The molecule has 0 aliphatic heterocycles. The average molecular weight is 322 g/mol. The second kappa shape index (κ2) is 6.33. The number of halogens is 1. The van der Waals surface area contributed by atoms with Gasteiger partial charge in [-0.15, -0.1) is 0 Å². The lowest BCUT2D eigenvalue weighted by Crippen LogP contribution is -1.99. The number of hydrogen-bond acceptors (Lipinski definition) is 4. The van der Waals surface area contributed by atoms with Crippen molar-refractivity contribution in [1.29, 1.82) is 0 Å². The van der Waals surface area contributed by atoms with E-state index in [0.29, 0.717) is 28.1 Å². The highest BCUT2D eigenvalue weighted by Gasteiger charge is 2.10. The zero-order valence-corrected chi connectivity index (χ0v) is 11.9. The van der Waals surface area contributed by atoms with Gasteiger partial charge in [-0.1, -0.05) is 6.07 Å². The normalized spacial score (nSPS) is 10.0. The first-order valence-electron chi connectivity index (χ1n) is 5.59. The van der Waals surface area contributed by atoms with Crippen molar-refractivity contribution in [3.8, 4) is 11.5 Å². The third kappa shape index (κ3) is 3.32. The van der Waals surface area contributed by atoms with Gasteiger partial charge in [0.15, 0.2) is 17.8 Å². The van der Waals surface area contributed by atoms with E-state index in [9.17, 15) is 4.79 Å². The number of carbonyl (C=O) groups is 1. The Morgan fingerprint density at radius 1 is 1.37 bits per heavy atom. The molecule has 0 aliphatic carbocycles. The van der Waals surface area contributed by atoms with Crippen molar-refractivity contribution in [1.82, 2.24) is 4.98 Å². The highest BCUT2D eigenvalue weighted by atomic mass is 79.9. The van der Waals surface area contributed by atoms with Crippen molar-refractivity contribution in [2.45, 2.75) is 6.61 Å². The predicted molar refractivity (Wildman–Crippen MR) is 74.7 cm³/mol. The Hall–Kier alpha value is -1.88. The molecule has 4 nitrogen and oxygen atoms in total. The molecular formula is C14H12BrNO3. The summed E-state index contributed by atoms with van der Waals surface area (Å²) in [5.74, 6) is 1.10. The average Bonchev–Trinajstić information content (AvgIpc) is 2.46. The Balaban J connectivity index is 2.20. The van der Waals surface area contributed by atoms with Crippen LogP contribution in [-0.2, 0) is 6.61 Å². The van der Waals surface area contributed by atoms with E-state index in [4.69, 9.17) is 9.47 Å². The molecule has 0 amide bonds. The van der Waals surface area contributed by atoms with Crippen molar-refractivity contribution >= 4 is 22.2 Å². The molecule has 0 radical (unpaired) electrons. The van der Waals surface area contributed by atoms with E-state index in [0.717, 1.165) is 11.8 Å². The van der Waals surface area contributed by atoms with E-state index in [1.54, 1.807) is 24.5 Å². The van der Waals surface area contributed by atoms with E-state index in [1.807, 2.05) is 12.1 Å². The van der Waals surface area contributed by atoms with Crippen LogP contribution in [0.4, 0.5) is 0 Å². The highest BCUT2D eigenvalue weighted by Crippen LogP contribution is 2.33. The van der Waals surface area contributed by atoms with Gasteiger partial charge in [0.1, 0.15) is 6.61 Å². The molecule has 2 aromatic rings. The predicted octanol–water partition coefficient (Wildman–Crippen LogP) is 3.24. The molecule has 0 saturated carbocycles. The second-order valence-corrected chi connectivity index (χ2v) is 4.65. The largest absolute Gasteiger partial charge is 0.493 e. The number of aldehydes is 1. The van der Waals surface area contributed by atoms with Gasteiger partial charge in [-0.05, 0) is 34.1 Å². The van der Waals surface area contributed by atoms with Crippen LogP contribution in [0.15, 0.2) is 41.1 Å². The summed E-state index contributed by atoms with van der Waals surface area (Å²) < 4.78 is 11.6. The molecule has 0 saturated heterocycles. The SMILES string of the molecule is COc1cc(C=O)c(Br)cc1OCc1cccnc1. The minimum absolute atomic E-state index is 0.386. The maximum atomic E-state index is 10.9. The fourth-order valence-electron chi connectivity index (χ4n) is 1.56. The van der Waals surface area contributed by atoms with Gasteiger partial charge < -0.3 is 9.47 Å². The first kappa shape index (κ1) is 13.5. The van der Waals surface area contributed by atoms with E-state index in [1.165, 1.54) is 7.11 Å². The second-order valence-electron chi connectivity index (χ2n) is 3.79. The fraction of sp³-hybridized carbons (Fsp3) is 0.143. The molecule has 0 spiro atoms. The number of aromatic nitrogens is 1. The van der Waals surface area contributed by atoms with Gasteiger partial charge in [0.05, 0.1) is 7.11 Å². The van der Waals surface area contributed by atoms with Gasteiger partial charge in [-0.25, -0.2) is 0 Å². The molecule has 0 unspecified atom stereocenters. The first-order valence-corrected chi connectivity index (χ1v) is 6.38. The van der Waals surface area contributed by atoms with Crippen LogP contribution in [0.5, 0.6) is 11.5 Å². The molecule has 2 rings (SSSR count). The van der Waals surface area contributed by atoms with Gasteiger partial charge in [0.2, 0.25) is 0 Å². The molecule has 19 heavy (non-hydrogen) atoms. The Kier molecular flexibility index (Phi) is 4.52. The van der Waals surface area contributed by atoms with Crippen molar-refractivity contribution in [3.05, 3.63) is 52.3 Å². The van der Waals surface area contributed by atoms with E-state index < -0.39 is 0 Å². The number of pyridine rings is 1. The molecule has 1 aromatic carbocycles. The number of hydrogen-bond donors (Lipinski definition) is 0. The van der Waals surface area contributed by atoms with Crippen LogP contribution in [0.3, 0.4) is 0 Å². The van der Waals surface area contributed by atoms with Crippen LogP contribution in [0.2, 0.25) is 0 Å². The molecule has 0 aliphatic rings. The number of rotatable bonds is 5. The number of benzene rings is 1. The molecule has 0 fully saturated rings. The molecule has 98 valence electrons. The highest BCUT2D eigenvalue weighted by molar-refractivity contribution is 9.10. The van der Waals surface area contributed by atoms with Crippen LogP contribution in [0.25, 0.3) is 0 Å². The lowest BCUT2D eigenvalue weighted by molar-refractivity contribution is 0.112. The van der Waals surface area contributed by atoms with E-state index in [2.05, 4.69) is 20.9 Å². The summed E-state index contributed by atoms with van der Waals surface area (Å²) in [7, 11) is 1.54. The Bertz CT molecular complexity index is 572. The maximum Gasteiger partial charge on any atom is 0.162 e. The van der Waals surface area contributed by atoms with Crippen molar-refractivity contribution in [2.75, 3.05) is 7.11 Å². The van der Waals surface area contributed by atoms with Crippen molar-refractivity contribution in [3.63, 3.8) is 0 Å². The molecule has 0 bridgehead atoms. The summed E-state index contributed by atoms with van der Waals surface area (Å²) in [4.78, 5) is 14.9. The third-order valence-electron chi connectivity index (χ3n) is 2.53. The van der Waals surface area contributed by atoms with Crippen molar-refractivity contribution < 1.29 is 14.3 Å². The topological polar surface area (TPSA) is 48.4 Å². The molecule has 1 aromatic heterocycles. The van der Waals surface area contributed by atoms with Gasteiger partial charge in [-0.3, -0.25) is 9.78 Å². The van der Waals surface area contributed by atoms with Gasteiger partial charge in [0, 0.05) is 28.0 Å². The zero-order chi connectivity index (χ0) is 13.7. The Labute approximate surface area is 119 Å².